The van der Waals surface area contributed by atoms with Crippen molar-refractivity contribution < 1.29 is 9.90 Å². The van der Waals surface area contributed by atoms with Gasteiger partial charge in [-0.25, -0.2) is 0 Å². The van der Waals surface area contributed by atoms with Crippen LogP contribution in [0.4, 0.5) is 0 Å². The van der Waals surface area contributed by atoms with E-state index in [1.54, 1.807) is 0 Å². The molecule has 0 fully saturated rings. The van der Waals surface area contributed by atoms with Gasteiger partial charge in [0.15, 0.2) is 0 Å². The van der Waals surface area contributed by atoms with Gasteiger partial charge < -0.3 is 5.11 Å². The van der Waals surface area contributed by atoms with Crippen LogP contribution in [0.15, 0.2) is 18.2 Å². The first-order chi connectivity index (χ1) is 8.25. The van der Waals surface area contributed by atoms with E-state index in [9.17, 15) is 4.79 Å². The molecule has 0 bridgehead atoms. The van der Waals surface area contributed by atoms with Crippen LogP contribution in [0.3, 0.4) is 0 Å². The van der Waals surface area contributed by atoms with Crippen molar-refractivity contribution in [3.8, 4) is 0 Å². The number of hydrogen-bond donors (Lipinski definition) is 1. The summed E-state index contributed by atoms with van der Waals surface area (Å²) in [6.45, 7) is 10.5. The van der Waals surface area contributed by atoms with Crippen LogP contribution >= 0.6 is 0 Å². The van der Waals surface area contributed by atoms with Crippen LogP contribution in [-0.4, -0.2) is 11.1 Å². The van der Waals surface area contributed by atoms with E-state index in [0.29, 0.717) is 12.8 Å². The highest BCUT2D eigenvalue weighted by Gasteiger charge is 2.19. The van der Waals surface area contributed by atoms with E-state index in [-0.39, 0.29) is 11.3 Å². The minimum Gasteiger partial charge on any atom is -0.481 e. The molecule has 0 radical (unpaired) electrons. The highest BCUT2D eigenvalue weighted by Crippen LogP contribution is 2.26. The number of aliphatic carboxylic acids is 1. The molecule has 0 saturated heterocycles. The summed E-state index contributed by atoms with van der Waals surface area (Å²) in [5.74, 6) is -0.975. The Balaban J connectivity index is 3.05. The number of carboxylic acid groups (broad SMARTS) is 1. The van der Waals surface area contributed by atoms with E-state index >= 15 is 0 Å². The van der Waals surface area contributed by atoms with E-state index in [2.05, 4.69) is 45.9 Å². The van der Waals surface area contributed by atoms with Gasteiger partial charge in [-0.05, 0) is 41.9 Å². The maximum atomic E-state index is 11.1. The minimum absolute atomic E-state index is 0.105. The predicted molar refractivity (Wildman–Crippen MR) is 75.0 cm³/mol. The van der Waals surface area contributed by atoms with Gasteiger partial charge in [-0.1, -0.05) is 45.9 Å². The topological polar surface area (TPSA) is 37.3 Å². The van der Waals surface area contributed by atoms with Crippen LogP contribution in [0.2, 0.25) is 0 Å². The summed E-state index contributed by atoms with van der Waals surface area (Å²) in [5, 5.41) is 9.15. The average molecular weight is 248 g/mol. The highest BCUT2D eigenvalue weighted by molar-refractivity contribution is 5.70. The zero-order valence-corrected chi connectivity index (χ0v) is 12.1. The quantitative estimate of drug-likeness (QED) is 0.876. The average Bonchev–Trinajstić information content (AvgIpc) is 2.25. The summed E-state index contributed by atoms with van der Waals surface area (Å²) in [4.78, 5) is 11.1. The maximum absolute atomic E-state index is 11.1. The van der Waals surface area contributed by atoms with Crippen molar-refractivity contribution in [2.45, 2.75) is 52.9 Å². The van der Waals surface area contributed by atoms with Gasteiger partial charge >= 0.3 is 5.97 Å². The lowest BCUT2D eigenvalue weighted by atomic mass is 9.83. The van der Waals surface area contributed by atoms with Gasteiger partial charge in [-0.15, -0.1) is 0 Å². The fourth-order valence-corrected chi connectivity index (χ4v) is 2.03. The molecule has 100 valence electrons. The van der Waals surface area contributed by atoms with Crippen molar-refractivity contribution in [2.75, 3.05) is 0 Å². The molecule has 1 aromatic rings. The van der Waals surface area contributed by atoms with E-state index in [1.807, 2.05) is 6.92 Å². The Kier molecular flexibility index (Phi) is 4.55. The molecule has 2 nitrogen and oxygen atoms in total. The summed E-state index contributed by atoms with van der Waals surface area (Å²) >= 11 is 0. The van der Waals surface area contributed by atoms with Crippen molar-refractivity contribution in [1.29, 1.82) is 0 Å². The first kappa shape index (κ1) is 14.7. The number of carboxylic acids is 1. The molecular formula is C16H24O2. The number of rotatable bonds is 4. The molecular weight excluding hydrogens is 224 g/mol. The first-order valence-corrected chi connectivity index (χ1v) is 6.58. The van der Waals surface area contributed by atoms with Gasteiger partial charge in [0.2, 0.25) is 0 Å². The molecule has 0 aromatic heterocycles. The molecule has 0 heterocycles. The van der Waals surface area contributed by atoms with Crippen LogP contribution in [0.5, 0.6) is 0 Å². The summed E-state index contributed by atoms with van der Waals surface area (Å²) < 4.78 is 0. The standard InChI is InChI=1S/C16H24O2/c1-6-12(15(17)18)9-13-10-14(16(3,4)5)8-7-11(13)2/h7-8,10,12H,6,9H2,1-5H3,(H,17,18). The van der Waals surface area contributed by atoms with E-state index in [4.69, 9.17) is 5.11 Å². The summed E-state index contributed by atoms with van der Waals surface area (Å²) in [6.07, 6.45) is 1.30. The van der Waals surface area contributed by atoms with Crippen molar-refractivity contribution in [3.63, 3.8) is 0 Å². The minimum atomic E-state index is -0.696. The second-order valence-corrected chi connectivity index (χ2v) is 6.04. The Hall–Kier alpha value is -1.31. The molecule has 0 spiro atoms. The van der Waals surface area contributed by atoms with Crippen LogP contribution < -0.4 is 0 Å². The molecule has 1 atom stereocenters. The second-order valence-electron chi connectivity index (χ2n) is 6.04. The molecule has 0 aliphatic heterocycles. The molecule has 1 aromatic carbocycles. The van der Waals surface area contributed by atoms with Crippen molar-refractivity contribution >= 4 is 5.97 Å². The van der Waals surface area contributed by atoms with Gasteiger partial charge in [0, 0.05) is 0 Å². The zero-order valence-electron chi connectivity index (χ0n) is 12.1. The lowest BCUT2D eigenvalue weighted by Crippen LogP contribution is -2.17. The Morgan fingerprint density at radius 1 is 1.33 bits per heavy atom. The summed E-state index contributed by atoms with van der Waals surface area (Å²) in [5.41, 5.74) is 3.72. The fourth-order valence-electron chi connectivity index (χ4n) is 2.03. The third-order valence-electron chi connectivity index (χ3n) is 3.52. The Morgan fingerprint density at radius 3 is 2.39 bits per heavy atom. The van der Waals surface area contributed by atoms with Gasteiger partial charge in [-0.2, -0.15) is 0 Å². The van der Waals surface area contributed by atoms with Gasteiger partial charge in [-0.3, -0.25) is 4.79 Å². The highest BCUT2D eigenvalue weighted by atomic mass is 16.4. The van der Waals surface area contributed by atoms with E-state index in [0.717, 1.165) is 5.56 Å². The molecule has 0 aliphatic rings. The lowest BCUT2D eigenvalue weighted by Gasteiger charge is -2.21. The van der Waals surface area contributed by atoms with Crippen molar-refractivity contribution in [3.05, 3.63) is 34.9 Å². The molecule has 1 rings (SSSR count). The zero-order chi connectivity index (χ0) is 13.9. The molecule has 0 saturated carbocycles. The smallest absolute Gasteiger partial charge is 0.306 e. The van der Waals surface area contributed by atoms with Crippen LogP contribution in [0, 0.1) is 12.8 Å². The SMILES string of the molecule is CCC(Cc1cc(C(C)(C)C)ccc1C)C(=O)O. The number of benzene rings is 1. The Labute approximate surface area is 110 Å². The number of carbonyl (C=O) groups is 1. The predicted octanol–water partition coefficient (Wildman–Crippen LogP) is 3.95. The molecule has 2 heteroatoms. The third kappa shape index (κ3) is 3.59. The van der Waals surface area contributed by atoms with Crippen LogP contribution in [0.25, 0.3) is 0 Å². The fraction of sp³-hybridized carbons (Fsp3) is 0.562. The van der Waals surface area contributed by atoms with Crippen LogP contribution in [0.1, 0.15) is 50.8 Å². The van der Waals surface area contributed by atoms with Gasteiger partial charge in [0.1, 0.15) is 0 Å². The molecule has 0 amide bonds. The van der Waals surface area contributed by atoms with Crippen molar-refractivity contribution in [1.82, 2.24) is 0 Å². The van der Waals surface area contributed by atoms with Gasteiger partial charge in [0.25, 0.3) is 0 Å². The molecule has 0 aliphatic carbocycles. The summed E-state index contributed by atoms with van der Waals surface area (Å²) in [7, 11) is 0. The third-order valence-corrected chi connectivity index (χ3v) is 3.52. The van der Waals surface area contributed by atoms with Gasteiger partial charge in [0.05, 0.1) is 5.92 Å². The lowest BCUT2D eigenvalue weighted by molar-refractivity contribution is -0.141. The Morgan fingerprint density at radius 2 is 1.94 bits per heavy atom. The molecule has 18 heavy (non-hydrogen) atoms. The van der Waals surface area contributed by atoms with Crippen molar-refractivity contribution in [2.24, 2.45) is 5.92 Å². The first-order valence-electron chi connectivity index (χ1n) is 6.58. The number of aryl methyl sites for hydroxylation is 1. The maximum Gasteiger partial charge on any atom is 0.306 e. The van der Waals surface area contributed by atoms with E-state index < -0.39 is 5.97 Å². The number of hydrogen-bond acceptors (Lipinski definition) is 1. The van der Waals surface area contributed by atoms with Crippen LogP contribution in [-0.2, 0) is 16.6 Å². The Bertz CT molecular complexity index is 427. The molecule has 1 unspecified atom stereocenters. The normalized spacial score (nSPS) is 13.4. The van der Waals surface area contributed by atoms with E-state index in [1.165, 1.54) is 11.1 Å². The monoisotopic (exact) mass is 248 g/mol. The molecule has 1 N–H and O–H groups in total. The summed E-state index contributed by atoms with van der Waals surface area (Å²) in [6, 6.07) is 6.41. The largest absolute Gasteiger partial charge is 0.481 e. The second kappa shape index (κ2) is 5.55.